The minimum atomic E-state index is -5.15. The number of nitrogens with one attached hydrogen (secondary N) is 1. The van der Waals surface area contributed by atoms with Gasteiger partial charge in [0.2, 0.25) is 0 Å². The first-order valence-corrected chi connectivity index (χ1v) is 11.6. The molecule has 0 saturated carbocycles. The summed E-state index contributed by atoms with van der Waals surface area (Å²) in [4.78, 5) is 22.2. The fourth-order valence-electron chi connectivity index (χ4n) is 4.01. The van der Waals surface area contributed by atoms with Gasteiger partial charge in [0.25, 0.3) is 0 Å². The summed E-state index contributed by atoms with van der Waals surface area (Å²) in [5, 5.41) is 10.6. The second-order valence-corrected chi connectivity index (χ2v) is 8.69. The smallest absolute Gasteiger partial charge is 0.416 e. The Morgan fingerprint density at radius 3 is 1.77 bits per heavy atom. The number of hydrogen-bond donors (Lipinski definition) is 2. The van der Waals surface area contributed by atoms with Crippen LogP contribution in [0.1, 0.15) is 60.4 Å². The first kappa shape index (κ1) is 32.5. The molecule has 3 rings (SSSR count). The first-order valence-electron chi connectivity index (χ1n) is 11.6. The fraction of sp³-hybridized carbons (Fsp3) is 0.385. The van der Waals surface area contributed by atoms with E-state index in [1.54, 1.807) is 6.92 Å². The van der Waals surface area contributed by atoms with Crippen LogP contribution in [-0.4, -0.2) is 29.7 Å². The molecule has 1 heterocycles. The number of benzene rings is 2. The lowest BCUT2D eigenvalue weighted by molar-refractivity contribution is -0.146. The number of carboxylic acids is 1. The van der Waals surface area contributed by atoms with Crippen molar-refractivity contribution >= 4 is 23.7 Å². The highest BCUT2D eigenvalue weighted by Gasteiger charge is 2.46. The number of aliphatic carboxylic acids is 1. The lowest BCUT2D eigenvalue weighted by Crippen LogP contribution is -2.47. The molecule has 2 N–H and O–H groups in total. The number of carbonyl (C=O) groups excluding carboxylic acids is 1. The average molecular weight is 585 g/mol. The lowest BCUT2D eigenvalue weighted by atomic mass is 9.74. The Kier molecular flexibility index (Phi) is 9.59. The predicted octanol–water partition coefficient (Wildman–Crippen LogP) is 7.77. The highest BCUT2D eigenvalue weighted by Crippen LogP contribution is 2.45. The molecule has 0 bridgehead atoms. The molecule has 0 aromatic heterocycles. The topological polar surface area (TPSA) is 75.6 Å². The van der Waals surface area contributed by atoms with Gasteiger partial charge in [-0.2, -0.15) is 39.5 Å². The molecule has 220 valence electrons. The van der Waals surface area contributed by atoms with Crippen molar-refractivity contribution in [3.63, 3.8) is 0 Å². The zero-order valence-electron chi connectivity index (χ0n) is 21.2. The summed E-state index contributed by atoms with van der Waals surface area (Å²) in [6.07, 6.45) is -12.3. The molecule has 2 aromatic rings. The lowest BCUT2D eigenvalue weighted by Gasteiger charge is -2.41. The molecule has 1 aliphatic heterocycles. The molecule has 14 heteroatoms. The van der Waals surface area contributed by atoms with Crippen LogP contribution in [0.15, 0.2) is 42.5 Å². The maximum atomic E-state index is 13.4. The van der Waals surface area contributed by atoms with Gasteiger partial charge in [0.05, 0.1) is 29.3 Å². The molecule has 40 heavy (non-hydrogen) atoms. The molecule has 5 nitrogen and oxygen atoms in total. The second kappa shape index (κ2) is 11.8. The summed E-state index contributed by atoms with van der Waals surface area (Å²) in [6.45, 7) is 3.11. The van der Waals surface area contributed by atoms with Gasteiger partial charge in [0.1, 0.15) is 5.92 Å². The molecule has 1 aliphatic rings. The van der Waals surface area contributed by atoms with E-state index < -0.39 is 64.2 Å². The van der Waals surface area contributed by atoms with Crippen molar-refractivity contribution < 1.29 is 58.9 Å². The molecule has 2 atom stereocenters. The third-order valence-electron chi connectivity index (χ3n) is 6.09. The number of carboxylic acid groups (broad SMARTS) is 1. The predicted molar refractivity (Wildman–Crippen MR) is 126 cm³/mol. The highest BCUT2D eigenvalue weighted by atomic mass is 19.4. The number of halogens is 9. The van der Waals surface area contributed by atoms with Gasteiger partial charge in [-0.3, -0.25) is 9.59 Å². The van der Waals surface area contributed by atoms with Crippen LogP contribution in [0.4, 0.5) is 45.2 Å². The molecule has 0 radical (unpaired) electrons. The third-order valence-corrected chi connectivity index (χ3v) is 6.09. The van der Waals surface area contributed by atoms with E-state index in [1.165, 1.54) is 19.1 Å². The van der Waals surface area contributed by atoms with Crippen LogP contribution in [0.5, 0.6) is 0 Å². The molecule has 2 aromatic carbocycles. The van der Waals surface area contributed by atoms with Gasteiger partial charge < -0.3 is 15.2 Å². The van der Waals surface area contributed by atoms with Crippen LogP contribution in [0.3, 0.4) is 0 Å². The number of ether oxygens (including phenoxy) is 1. The number of fused-ring (bicyclic) bond motifs is 1. The SMILES string of the molecule is CCC(=O)O.CCC1(C(C(=O)OC)c2cc(C(F)(F)F)cc(C(F)(F)F)c2)C=Cc2cc(C(F)(F)F)ccc2N1. The Labute approximate surface area is 222 Å². The van der Waals surface area contributed by atoms with Crippen LogP contribution < -0.4 is 5.32 Å². The first-order chi connectivity index (χ1) is 18.3. The summed E-state index contributed by atoms with van der Waals surface area (Å²) in [5.74, 6) is -3.58. The minimum absolute atomic E-state index is 0.0404. The van der Waals surface area contributed by atoms with Crippen molar-refractivity contribution in [1.29, 1.82) is 0 Å². The van der Waals surface area contributed by atoms with Gasteiger partial charge in [-0.25, -0.2) is 0 Å². The van der Waals surface area contributed by atoms with Crippen molar-refractivity contribution in [2.45, 2.75) is 56.7 Å². The zero-order valence-corrected chi connectivity index (χ0v) is 21.2. The average Bonchev–Trinajstić information content (AvgIpc) is 2.86. The van der Waals surface area contributed by atoms with Crippen LogP contribution >= 0.6 is 0 Å². The van der Waals surface area contributed by atoms with E-state index in [1.807, 2.05) is 0 Å². The molecular weight excluding hydrogens is 561 g/mol. The quantitative estimate of drug-likeness (QED) is 0.277. The van der Waals surface area contributed by atoms with Crippen LogP contribution in [0.2, 0.25) is 0 Å². The molecule has 0 amide bonds. The van der Waals surface area contributed by atoms with Gasteiger partial charge in [0.15, 0.2) is 0 Å². The molecule has 0 aliphatic carbocycles. The van der Waals surface area contributed by atoms with Crippen LogP contribution in [0, 0.1) is 0 Å². The Morgan fingerprint density at radius 1 is 0.875 bits per heavy atom. The van der Waals surface area contributed by atoms with Gasteiger partial charge in [0, 0.05) is 12.1 Å². The van der Waals surface area contributed by atoms with Gasteiger partial charge in [-0.1, -0.05) is 26.0 Å². The summed E-state index contributed by atoms with van der Waals surface area (Å²) in [6, 6.07) is 3.49. The van der Waals surface area contributed by atoms with E-state index in [9.17, 15) is 49.1 Å². The molecule has 0 saturated heterocycles. The van der Waals surface area contributed by atoms with Crippen LogP contribution in [-0.2, 0) is 32.9 Å². The number of esters is 1. The Hall–Kier alpha value is -3.71. The van der Waals surface area contributed by atoms with E-state index >= 15 is 0 Å². The Balaban J connectivity index is 0.00000103. The van der Waals surface area contributed by atoms with E-state index in [4.69, 9.17) is 9.84 Å². The normalized spacial score (nSPS) is 17.6. The van der Waals surface area contributed by atoms with Crippen molar-refractivity contribution in [3.8, 4) is 0 Å². The summed E-state index contributed by atoms with van der Waals surface area (Å²) in [7, 11) is 0.924. The van der Waals surface area contributed by atoms with E-state index in [0.29, 0.717) is 12.1 Å². The van der Waals surface area contributed by atoms with Crippen molar-refractivity contribution in [2.75, 3.05) is 12.4 Å². The van der Waals surface area contributed by atoms with Crippen molar-refractivity contribution in [2.24, 2.45) is 0 Å². The van der Waals surface area contributed by atoms with Crippen molar-refractivity contribution in [1.82, 2.24) is 0 Å². The number of rotatable bonds is 5. The summed E-state index contributed by atoms with van der Waals surface area (Å²) in [5.41, 5.74) is -6.22. The number of methoxy groups -OCH3 is 1. The highest BCUT2D eigenvalue weighted by molar-refractivity contribution is 5.85. The molecule has 0 spiro atoms. The summed E-state index contributed by atoms with van der Waals surface area (Å²) >= 11 is 0. The largest absolute Gasteiger partial charge is 0.481 e. The number of anilines is 1. The maximum Gasteiger partial charge on any atom is 0.416 e. The van der Waals surface area contributed by atoms with E-state index in [0.717, 1.165) is 25.3 Å². The maximum absolute atomic E-state index is 13.4. The monoisotopic (exact) mass is 585 g/mol. The zero-order chi connectivity index (χ0) is 30.7. The Morgan fingerprint density at radius 2 is 1.38 bits per heavy atom. The van der Waals surface area contributed by atoms with E-state index in [2.05, 4.69) is 5.32 Å². The van der Waals surface area contributed by atoms with E-state index in [-0.39, 0.29) is 30.2 Å². The number of hydrogen-bond acceptors (Lipinski definition) is 4. The standard InChI is InChI=1S/C23H18F9NO2.C3H6O2/c1-3-20(7-6-12-8-14(21(24,25)26)4-5-17(12)33-20)18(19(34)35-2)13-9-15(22(27,28)29)11-16(10-13)23(30,31)32;1-2-3(4)5/h4-11,18,33H,3H2,1-2H3;2H2,1H3,(H,4,5). The third kappa shape index (κ3) is 7.48. The molecule has 0 fully saturated rings. The van der Waals surface area contributed by atoms with Gasteiger partial charge in [-0.05, 0) is 53.9 Å². The summed E-state index contributed by atoms with van der Waals surface area (Å²) < 4.78 is 124. The number of carbonyl (C=O) groups is 2. The second-order valence-electron chi connectivity index (χ2n) is 8.69. The fourth-order valence-corrected chi connectivity index (χ4v) is 4.01. The van der Waals surface area contributed by atoms with Crippen molar-refractivity contribution in [3.05, 3.63) is 70.3 Å². The number of alkyl halides is 9. The molecular formula is C26H24F9NO4. The van der Waals surface area contributed by atoms with Crippen LogP contribution in [0.25, 0.3) is 6.08 Å². The minimum Gasteiger partial charge on any atom is -0.481 e. The van der Waals surface area contributed by atoms with Gasteiger partial charge >= 0.3 is 30.5 Å². The van der Waals surface area contributed by atoms with Gasteiger partial charge in [-0.15, -0.1) is 0 Å². The Bertz CT molecular complexity index is 1230. The molecule has 2 unspecified atom stereocenters.